The van der Waals surface area contributed by atoms with Gasteiger partial charge in [0.15, 0.2) is 11.5 Å². The smallest absolute Gasteiger partial charge is 0.166 e. The summed E-state index contributed by atoms with van der Waals surface area (Å²) >= 11 is 3.45. The maximum atomic E-state index is 5.29. The van der Waals surface area contributed by atoms with Crippen LogP contribution in [0.2, 0.25) is 0 Å². The van der Waals surface area contributed by atoms with E-state index in [4.69, 9.17) is 14.3 Å². The zero-order chi connectivity index (χ0) is 11.3. The molecule has 0 amide bonds. The monoisotopic (exact) mass is 275 g/mol. The van der Waals surface area contributed by atoms with Crippen molar-refractivity contribution in [3.8, 4) is 11.5 Å². The Morgan fingerprint density at radius 2 is 1.93 bits per heavy atom. The highest BCUT2D eigenvalue weighted by Gasteiger charge is 2.12. The lowest BCUT2D eigenvalue weighted by Gasteiger charge is -2.14. The number of nitrogens with one attached hydrogen (secondary N) is 1. The highest BCUT2D eigenvalue weighted by atomic mass is 79.9. The van der Waals surface area contributed by atoms with Crippen LogP contribution in [0.1, 0.15) is 5.56 Å². The third-order valence-corrected chi connectivity index (χ3v) is 2.73. The molecule has 4 nitrogen and oxygen atoms in total. The van der Waals surface area contributed by atoms with Crippen LogP contribution >= 0.6 is 15.9 Å². The Kier molecular flexibility index (Phi) is 4.87. The lowest BCUT2D eigenvalue weighted by molar-refractivity contribution is 0.0859. The van der Waals surface area contributed by atoms with E-state index >= 15 is 0 Å². The summed E-state index contributed by atoms with van der Waals surface area (Å²) in [7, 11) is 4.79. The van der Waals surface area contributed by atoms with Gasteiger partial charge in [0.1, 0.15) is 0 Å². The maximum absolute atomic E-state index is 5.29. The molecule has 1 aromatic carbocycles. The Balaban J connectivity index is 3.07. The van der Waals surface area contributed by atoms with Crippen LogP contribution in [-0.4, -0.2) is 21.3 Å². The molecule has 1 aromatic rings. The number of ether oxygens (including phenoxy) is 2. The molecule has 0 radical (unpaired) electrons. The Morgan fingerprint density at radius 3 is 2.47 bits per heavy atom. The topological polar surface area (TPSA) is 39.7 Å². The largest absolute Gasteiger partial charge is 0.493 e. The van der Waals surface area contributed by atoms with Crippen LogP contribution in [0.25, 0.3) is 0 Å². The number of hydroxylamine groups is 1. The minimum absolute atomic E-state index is 0.539. The molecule has 84 valence electrons. The average molecular weight is 276 g/mol. The van der Waals surface area contributed by atoms with Crippen molar-refractivity contribution >= 4 is 15.9 Å². The number of methoxy groups -OCH3 is 2. The third kappa shape index (κ3) is 2.84. The van der Waals surface area contributed by atoms with Crippen LogP contribution in [-0.2, 0) is 11.4 Å². The molecule has 1 N–H and O–H groups in total. The van der Waals surface area contributed by atoms with E-state index in [9.17, 15) is 0 Å². The number of benzene rings is 1. The molecule has 0 heterocycles. The first-order valence-electron chi connectivity index (χ1n) is 4.39. The zero-order valence-electron chi connectivity index (χ0n) is 8.96. The van der Waals surface area contributed by atoms with Crippen LogP contribution in [0.4, 0.5) is 0 Å². The highest BCUT2D eigenvalue weighted by molar-refractivity contribution is 9.10. The second kappa shape index (κ2) is 5.95. The SMILES string of the molecule is CONCc1c(Br)ccc(OC)c1OC. The predicted octanol–water partition coefficient (Wildman–Crippen LogP) is 2.12. The van der Waals surface area contributed by atoms with Gasteiger partial charge >= 0.3 is 0 Å². The van der Waals surface area contributed by atoms with Crippen molar-refractivity contribution in [1.82, 2.24) is 5.48 Å². The summed E-state index contributed by atoms with van der Waals surface area (Å²) in [5.74, 6) is 1.41. The minimum Gasteiger partial charge on any atom is -0.493 e. The summed E-state index contributed by atoms with van der Waals surface area (Å²) in [6.45, 7) is 0.539. The minimum atomic E-state index is 0.539. The van der Waals surface area contributed by atoms with Gasteiger partial charge in [-0.1, -0.05) is 15.9 Å². The Labute approximate surface area is 97.6 Å². The number of halogens is 1. The van der Waals surface area contributed by atoms with Crippen molar-refractivity contribution in [3.05, 3.63) is 22.2 Å². The summed E-state index contributed by atoms with van der Waals surface area (Å²) in [5, 5.41) is 0. The second-order valence-corrected chi connectivity index (χ2v) is 3.64. The summed E-state index contributed by atoms with van der Waals surface area (Å²) in [5.41, 5.74) is 3.72. The zero-order valence-corrected chi connectivity index (χ0v) is 10.6. The molecule has 0 aliphatic rings. The molecule has 0 fully saturated rings. The van der Waals surface area contributed by atoms with Crippen molar-refractivity contribution in [2.24, 2.45) is 0 Å². The Bertz CT molecular complexity index is 331. The molecule has 0 atom stereocenters. The Hall–Kier alpha value is -0.780. The third-order valence-electron chi connectivity index (χ3n) is 1.98. The van der Waals surface area contributed by atoms with Gasteiger partial charge in [-0.3, -0.25) is 0 Å². The van der Waals surface area contributed by atoms with Gasteiger partial charge in [-0.25, -0.2) is 0 Å². The molecule has 0 unspecified atom stereocenters. The van der Waals surface area contributed by atoms with Gasteiger partial charge in [0.2, 0.25) is 0 Å². The molecule has 0 aliphatic heterocycles. The number of rotatable bonds is 5. The molecular weight excluding hydrogens is 262 g/mol. The van der Waals surface area contributed by atoms with E-state index in [1.165, 1.54) is 0 Å². The summed E-state index contributed by atoms with van der Waals surface area (Å²) in [6.07, 6.45) is 0. The van der Waals surface area contributed by atoms with E-state index in [0.717, 1.165) is 10.0 Å². The van der Waals surface area contributed by atoms with Crippen LogP contribution in [0.15, 0.2) is 16.6 Å². The van der Waals surface area contributed by atoms with Crippen molar-refractivity contribution in [3.63, 3.8) is 0 Å². The standard InChI is InChI=1S/C10H14BrNO3/c1-13-9-5-4-8(11)7(6-12-15-3)10(9)14-2/h4-5,12H,6H2,1-3H3. The fraction of sp³-hybridized carbons (Fsp3) is 0.400. The van der Waals surface area contributed by atoms with Crippen LogP contribution < -0.4 is 15.0 Å². The quantitative estimate of drug-likeness (QED) is 0.836. The van der Waals surface area contributed by atoms with E-state index in [-0.39, 0.29) is 0 Å². The van der Waals surface area contributed by atoms with Crippen molar-refractivity contribution in [2.75, 3.05) is 21.3 Å². The highest BCUT2D eigenvalue weighted by Crippen LogP contribution is 2.35. The lowest BCUT2D eigenvalue weighted by atomic mass is 10.2. The van der Waals surface area contributed by atoms with Gasteiger partial charge in [0.25, 0.3) is 0 Å². The van der Waals surface area contributed by atoms with E-state index in [2.05, 4.69) is 21.4 Å². The molecule has 0 aromatic heterocycles. The summed E-state index contributed by atoms with van der Waals surface area (Å²) < 4.78 is 11.4. The first-order chi connectivity index (χ1) is 7.24. The maximum Gasteiger partial charge on any atom is 0.166 e. The van der Waals surface area contributed by atoms with E-state index in [1.807, 2.05) is 12.1 Å². The van der Waals surface area contributed by atoms with Crippen LogP contribution in [0, 0.1) is 0 Å². The molecule has 0 aliphatic carbocycles. The lowest BCUT2D eigenvalue weighted by Crippen LogP contribution is -2.12. The Morgan fingerprint density at radius 1 is 1.20 bits per heavy atom. The first-order valence-corrected chi connectivity index (χ1v) is 5.19. The van der Waals surface area contributed by atoms with Crippen molar-refractivity contribution in [2.45, 2.75) is 6.54 Å². The van der Waals surface area contributed by atoms with Crippen molar-refractivity contribution < 1.29 is 14.3 Å². The first kappa shape index (κ1) is 12.3. The molecule has 5 heteroatoms. The van der Waals surface area contributed by atoms with Gasteiger partial charge in [-0.2, -0.15) is 5.48 Å². The number of hydrogen-bond acceptors (Lipinski definition) is 4. The van der Waals surface area contributed by atoms with Gasteiger partial charge < -0.3 is 14.3 Å². The number of hydrogen-bond donors (Lipinski definition) is 1. The van der Waals surface area contributed by atoms with Gasteiger partial charge in [0.05, 0.1) is 27.9 Å². The fourth-order valence-electron chi connectivity index (χ4n) is 1.28. The molecule has 0 spiro atoms. The molecule has 0 bridgehead atoms. The van der Waals surface area contributed by atoms with E-state index in [1.54, 1.807) is 21.3 Å². The fourth-order valence-corrected chi connectivity index (χ4v) is 1.73. The van der Waals surface area contributed by atoms with Gasteiger partial charge in [-0.05, 0) is 12.1 Å². The van der Waals surface area contributed by atoms with E-state index < -0.39 is 0 Å². The molecular formula is C10H14BrNO3. The summed E-state index contributed by atoms with van der Waals surface area (Å²) in [4.78, 5) is 4.81. The molecule has 0 saturated heterocycles. The second-order valence-electron chi connectivity index (χ2n) is 2.79. The van der Waals surface area contributed by atoms with Gasteiger partial charge in [0, 0.05) is 10.0 Å². The molecule has 1 rings (SSSR count). The van der Waals surface area contributed by atoms with Crippen molar-refractivity contribution in [1.29, 1.82) is 0 Å². The molecule has 0 saturated carbocycles. The average Bonchev–Trinajstić information content (AvgIpc) is 2.27. The van der Waals surface area contributed by atoms with Crippen LogP contribution in [0.5, 0.6) is 11.5 Å². The summed E-state index contributed by atoms with van der Waals surface area (Å²) in [6, 6.07) is 3.76. The van der Waals surface area contributed by atoms with Gasteiger partial charge in [-0.15, -0.1) is 0 Å². The van der Waals surface area contributed by atoms with Crippen LogP contribution in [0.3, 0.4) is 0 Å². The normalized spacial score (nSPS) is 10.1. The van der Waals surface area contributed by atoms with E-state index in [0.29, 0.717) is 18.0 Å². The molecule has 15 heavy (non-hydrogen) atoms. The predicted molar refractivity (Wildman–Crippen MR) is 61.1 cm³/mol.